The summed E-state index contributed by atoms with van der Waals surface area (Å²) in [6, 6.07) is 0. The normalized spacial score (nSPS) is 18.4. The van der Waals surface area contributed by atoms with Crippen LogP contribution in [-0.4, -0.2) is 16.1 Å². The molecule has 3 heteroatoms. The lowest BCUT2D eigenvalue weighted by Gasteiger charge is -2.16. The smallest absolute Gasteiger partial charge is 0.415 e. The fourth-order valence-electron chi connectivity index (χ4n) is 1.32. The molecule has 0 aromatic carbocycles. The highest BCUT2D eigenvalue weighted by Crippen LogP contribution is 2.21. The van der Waals surface area contributed by atoms with Crippen LogP contribution in [0.3, 0.4) is 0 Å². The molecule has 1 amide bonds. The van der Waals surface area contributed by atoms with E-state index in [1.165, 1.54) is 6.20 Å². The molecule has 0 saturated heterocycles. The van der Waals surface area contributed by atoms with E-state index in [-0.39, 0.29) is 0 Å². The Hall–Kier alpha value is -2.03. The van der Waals surface area contributed by atoms with E-state index < -0.39 is 6.09 Å². The molecule has 0 fully saturated rings. The van der Waals surface area contributed by atoms with Crippen LogP contribution in [0.4, 0.5) is 4.79 Å². The van der Waals surface area contributed by atoms with Gasteiger partial charge in [0.2, 0.25) is 0 Å². The monoisotopic (exact) mass is 187 g/mol. The van der Waals surface area contributed by atoms with E-state index in [1.807, 2.05) is 30.4 Å². The van der Waals surface area contributed by atoms with Crippen molar-refractivity contribution in [3.05, 3.63) is 60.0 Å². The van der Waals surface area contributed by atoms with Gasteiger partial charge in [-0.2, -0.15) is 0 Å². The molecule has 0 bridgehead atoms. The SMILES string of the molecule is O=C(O)N1C=CC2=CC=CC=CC2=C1. The van der Waals surface area contributed by atoms with E-state index in [9.17, 15) is 4.79 Å². The third kappa shape index (κ3) is 1.52. The standard InChI is InChI=1S/C11H9NO2/c13-11(14)12-7-6-9-4-2-1-3-5-10(9)8-12/h1-8H,(H,13,14). The van der Waals surface area contributed by atoms with Gasteiger partial charge in [0.1, 0.15) is 0 Å². The van der Waals surface area contributed by atoms with Crippen molar-refractivity contribution in [3.63, 3.8) is 0 Å². The first-order valence-corrected chi connectivity index (χ1v) is 4.24. The van der Waals surface area contributed by atoms with Crippen LogP contribution in [-0.2, 0) is 0 Å². The van der Waals surface area contributed by atoms with Crippen molar-refractivity contribution >= 4 is 6.09 Å². The summed E-state index contributed by atoms with van der Waals surface area (Å²) in [5.41, 5.74) is 1.92. The molecule has 1 aliphatic heterocycles. The number of amides is 1. The first-order chi connectivity index (χ1) is 6.77. The van der Waals surface area contributed by atoms with Crippen LogP contribution in [0, 0.1) is 0 Å². The van der Waals surface area contributed by atoms with Crippen LogP contribution in [0.25, 0.3) is 0 Å². The molecule has 0 aromatic rings. The number of hydrogen-bond acceptors (Lipinski definition) is 1. The van der Waals surface area contributed by atoms with Crippen LogP contribution < -0.4 is 0 Å². The van der Waals surface area contributed by atoms with E-state index in [0.29, 0.717) is 0 Å². The molecule has 1 heterocycles. The maximum atomic E-state index is 10.7. The predicted octanol–water partition coefficient (Wildman–Crippen LogP) is 2.43. The average Bonchev–Trinajstić information content (AvgIpc) is 2.41. The summed E-state index contributed by atoms with van der Waals surface area (Å²) in [5.74, 6) is 0. The lowest BCUT2D eigenvalue weighted by molar-refractivity contribution is 0.175. The summed E-state index contributed by atoms with van der Waals surface area (Å²) in [7, 11) is 0. The van der Waals surface area contributed by atoms with Gasteiger partial charge in [0.05, 0.1) is 0 Å². The molecule has 0 spiro atoms. The van der Waals surface area contributed by atoms with Gasteiger partial charge in [0.15, 0.2) is 0 Å². The Kier molecular flexibility index (Phi) is 2.07. The van der Waals surface area contributed by atoms with Crippen LogP contribution >= 0.6 is 0 Å². The van der Waals surface area contributed by atoms with Gasteiger partial charge in [-0.25, -0.2) is 4.79 Å². The molecule has 2 rings (SSSR count). The van der Waals surface area contributed by atoms with Crippen LogP contribution in [0.15, 0.2) is 60.0 Å². The summed E-state index contributed by atoms with van der Waals surface area (Å²) < 4.78 is 0. The maximum Gasteiger partial charge on any atom is 0.415 e. The molecular formula is C11H9NO2. The van der Waals surface area contributed by atoms with E-state index in [1.54, 1.807) is 12.3 Å². The zero-order chi connectivity index (χ0) is 9.97. The second-order valence-electron chi connectivity index (χ2n) is 2.96. The lowest BCUT2D eigenvalue weighted by atomic mass is 10.1. The summed E-state index contributed by atoms with van der Waals surface area (Å²) in [6.45, 7) is 0. The van der Waals surface area contributed by atoms with Gasteiger partial charge in [-0.15, -0.1) is 0 Å². The van der Waals surface area contributed by atoms with Crippen molar-refractivity contribution in [1.82, 2.24) is 4.90 Å². The second-order valence-corrected chi connectivity index (χ2v) is 2.96. The minimum absolute atomic E-state index is 0.903. The summed E-state index contributed by atoms with van der Waals surface area (Å²) in [5, 5.41) is 8.77. The molecule has 14 heavy (non-hydrogen) atoms. The maximum absolute atomic E-state index is 10.7. The van der Waals surface area contributed by atoms with Gasteiger partial charge in [-0.3, -0.25) is 4.90 Å². The highest BCUT2D eigenvalue weighted by atomic mass is 16.4. The second kappa shape index (κ2) is 3.38. The molecule has 70 valence electrons. The quantitative estimate of drug-likeness (QED) is 0.632. The average molecular weight is 187 g/mol. The first-order valence-electron chi connectivity index (χ1n) is 4.24. The summed E-state index contributed by atoms with van der Waals surface area (Å²) >= 11 is 0. The predicted molar refractivity (Wildman–Crippen MR) is 53.4 cm³/mol. The van der Waals surface area contributed by atoms with Crippen molar-refractivity contribution in [1.29, 1.82) is 0 Å². The van der Waals surface area contributed by atoms with E-state index in [4.69, 9.17) is 5.11 Å². The van der Waals surface area contributed by atoms with Gasteiger partial charge in [0, 0.05) is 12.4 Å². The number of carboxylic acid groups (broad SMARTS) is 1. The van der Waals surface area contributed by atoms with E-state index >= 15 is 0 Å². The number of fused-ring (bicyclic) bond motifs is 1. The van der Waals surface area contributed by atoms with Crippen molar-refractivity contribution in [2.24, 2.45) is 0 Å². The molecule has 0 unspecified atom stereocenters. The van der Waals surface area contributed by atoms with Crippen LogP contribution in [0.2, 0.25) is 0 Å². The van der Waals surface area contributed by atoms with Crippen molar-refractivity contribution in [2.45, 2.75) is 0 Å². The van der Waals surface area contributed by atoms with Crippen molar-refractivity contribution < 1.29 is 9.90 Å². The minimum atomic E-state index is -0.974. The lowest BCUT2D eigenvalue weighted by Crippen LogP contribution is -2.19. The molecule has 0 aromatic heterocycles. The van der Waals surface area contributed by atoms with Crippen molar-refractivity contribution in [3.8, 4) is 0 Å². The van der Waals surface area contributed by atoms with E-state index in [0.717, 1.165) is 16.0 Å². The first kappa shape index (κ1) is 8.56. The van der Waals surface area contributed by atoms with E-state index in [2.05, 4.69) is 0 Å². The third-order valence-electron chi connectivity index (χ3n) is 2.02. The highest BCUT2D eigenvalue weighted by molar-refractivity contribution is 5.70. The molecule has 0 radical (unpaired) electrons. The van der Waals surface area contributed by atoms with Gasteiger partial charge in [-0.05, 0) is 17.2 Å². The summed E-state index contributed by atoms with van der Waals surface area (Å²) in [4.78, 5) is 11.8. The van der Waals surface area contributed by atoms with Gasteiger partial charge < -0.3 is 5.11 Å². The molecular weight excluding hydrogens is 178 g/mol. The fourth-order valence-corrected chi connectivity index (χ4v) is 1.32. The largest absolute Gasteiger partial charge is 0.464 e. The number of allylic oxidation sites excluding steroid dienone is 8. The molecule has 1 N–H and O–H groups in total. The fraction of sp³-hybridized carbons (Fsp3) is 0. The minimum Gasteiger partial charge on any atom is -0.464 e. The van der Waals surface area contributed by atoms with Crippen molar-refractivity contribution in [2.75, 3.05) is 0 Å². The number of carbonyl (C=O) groups is 1. The zero-order valence-corrected chi connectivity index (χ0v) is 7.42. The Bertz CT molecular complexity index is 411. The number of rotatable bonds is 0. The van der Waals surface area contributed by atoms with Crippen LogP contribution in [0.5, 0.6) is 0 Å². The Balaban J connectivity index is 2.37. The molecule has 2 aliphatic rings. The Morgan fingerprint density at radius 1 is 1.14 bits per heavy atom. The Morgan fingerprint density at radius 2 is 2.00 bits per heavy atom. The van der Waals surface area contributed by atoms with Crippen LogP contribution in [0.1, 0.15) is 0 Å². The zero-order valence-electron chi connectivity index (χ0n) is 7.42. The Labute approximate surface area is 81.6 Å². The summed E-state index contributed by atoms with van der Waals surface area (Å²) in [6.07, 6.45) is 13.5. The Morgan fingerprint density at radius 3 is 2.79 bits per heavy atom. The topological polar surface area (TPSA) is 40.5 Å². The third-order valence-corrected chi connectivity index (χ3v) is 2.02. The van der Waals surface area contributed by atoms with Gasteiger partial charge >= 0.3 is 6.09 Å². The molecule has 1 aliphatic carbocycles. The van der Waals surface area contributed by atoms with Gasteiger partial charge in [0.25, 0.3) is 0 Å². The highest BCUT2D eigenvalue weighted by Gasteiger charge is 2.12. The number of nitrogens with zero attached hydrogens (tertiary/aromatic N) is 1. The molecule has 0 saturated carbocycles. The number of hydrogen-bond donors (Lipinski definition) is 1. The molecule has 3 nitrogen and oxygen atoms in total. The van der Waals surface area contributed by atoms with Gasteiger partial charge in [-0.1, -0.05) is 30.4 Å². The molecule has 0 atom stereocenters.